The van der Waals surface area contributed by atoms with E-state index in [2.05, 4.69) is 20.4 Å². The number of oxime groups is 1. The summed E-state index contributed by atoms with van der Waals surface area (Å²) in [5.41, 5.74) is 1.65. The molecule has 0 radical (unpaired) electrons. The second-order valence-corrected chi connectivity index (χ2v) is 12.1. The highest BCUT2D eigenvalue weighted by Gasteiger charge is 2.26. The van der Waals surface area contributed by atoms with E-state index in [9.17, 15) is 9.90 Å². The number of nitrogens with zero attached hydrogens (tertiary/aromatic N) is 3. The van der Waals surface area contributed by atoms with E-state index in [0.29, 0.717) is 41.8 Å². The highest BCUT2D eigenvalue weighted by atomic mass is 32.2. The fourth-order valence-corrected chi connectivity index (χ4v) is 5.93. The summed E-state index contributed by atoms with van der Waals surface area (Å²) >= 11 is 3.25. The van der Waals surface area contributed by atoms with Crippen LogP contribution < -0.4 is 10.1 Å². The predicted octanol–water partition coefficient (Wildman–Crippen LogP) is 4.76. The molecule has 1 heterocycles. The lowest BCUT2D eigenvalue weighted by atomic mass is 10.1. The van der Waals surface area contributed by atoms with Crippen LogP contribution in [0, 0.1) is 0 Å². The third kappa shape index (κ3) is 7.22. The second-order valence-electron chi connectivity index (χ2n) is 9.73. The van der Waals surface area contributed by atoms with Gasteiger partial charge in [0.2, 0.25) is 0 Å². The molecule has 1 amide bonds. The summed E-state index contributed by atoms with van der Waals surface area (Å²) in [6, 6.07) is 13.6. The Morgan fingerprint density at radius 2 is 2.00 bits per heavy atom. The number of hydrogen-bond acceptors (Lipinski definition) is 9. The molecule has 10 heteroatoms. The van der Waals surface area contributed by atoms with E-state index in [0.717, 1.165) is 22.5 Å². The molecule has 2 saturated carbocycles. The Bertz CT molecular complexity index is 1260. The molecule has 2 fully saturated rings. The summed E-state index contributed by atoms with van der Waals surface area (Å²) in [5, 5.41) is 18.2. The molecule has 2 N–H and O–H groups in total. The molecule has 2 aliphatic carbocycles. The Balaban J connectivity index is 1.31. The van der Waals surface area contributed by atoms with Gasteiger partial charge in [0.15, 0.2) is 10.8 Å². The van der Waals surface area contributed by atoms with Crippen LogP contribution in [-0.4, -0.2) is 71.3 Å². The maximum atomic E-state index is 13.4. The number of carbonyl (C=O) groups is 1. The SMILES string of the molecule is CN(C)CCOc1ccc2nc(NC(=O)/C(=N/O[C@@H]3CC[C@@H](O)C3)c3ccc(SC4CC4)cc3)sc2c1. The third-order valence-electron chi connectivity index (χ3n) is 6.21. The number of fused-ring (bicyclic) bond motifs is 1. The molecule has 0 saturated heterocycles. The summed E-state index contributed by atoms with van der Waals surface area (Å²) in [5.74, 6) is 0.386. The van der Waals surface area contributed by atoms with Gasteiger partial charge in [-0.15, -0.1) is 11.8 Å². The molecule has 0 aliphatic heterocycles. The monoisotopic (exact) mass is 540 g/mol. The van der Waals surface area contributed by atoms with Crippen molar-refractivity contribution in [3.05, 3.63) is 48.0 Å². The van der Waals surface area contributed by atoms with Crippen LogP contribution in [0.3, 0.4) is 0 Å². The maximum Gasteiger partial charge on any atom is 0.280 e. The number of carbonyl (C=O) groups excluding carboxylic acids is 1. The minimum atomic E-state index is -0.386. The minimum Gasteiger partial charge on any atom is -0.492 e. The van der Waals surface area contributed by atoms with Gasteiger partial charge in [-0.2, -0.15) is 0 Å². The number of anilines is 1. The number of nitrogens with one attached hydrogen (secondary N) is 1. The van der Waals surface area contributed by atoms with Crippen molar-refractivity contribution in [1.29, 1.82) is 0 Å². The highest BCUT2D eigenvalue weighted by molar-refractivity contribution is 8.00. The first-order valence-corrected chi connectivity index (χ1v) is 14.3. The van der Waals surface area contributed by atoms with Gasteiger partial charge in [-0.05, 0) is 70.1 Å². The van der Waals surface area contributed by atoms with Crippen LogP contribution in [0.15, 0.2) is 52.5 Å². The fourth-order valence-electron chi connectivity index (χ4n) is 3.99. The number of ether oxygens (including phenoxy) is 1. The van der Waals surface area contributed by atoms with Crippen LogP contribution in [0.2, 0.25) is 0 Å². The first-order valence-electron chi connectivity index (χ1n) is 12.6. The van der Waals surface area contributed by atoms with Gasteiger partial charge in [-0.3, -0.25) is 10.1 Å². The largest absolute Gasteiger partial charge is 0.492 e. The third-order valence-corrected chi connectivity index (χ3v) is 8.49. The molecule has 37 heavy (non-hydrogen) atoms. The number of rotatable bonds is 11. The number of thioether (sulfide) groups is 1. The van der Waals surface area contributed by atoms with Crippen LogP contribution in [0.1, 0.15) is 37.7 Å². The number of hydrogen-bond donors (Lipinski definition) is 2. The van der Waals surface area contributed by atoms with Crippen molar-refractivity contribution in [1.82, 2.24) is 9.88 Å². The molecule has 1 aromatic heterocycles. The van der Waals surface area contributed by atoms with Crippen molar-refractivity contribution in [2.24, 2.45) is 5.16 Å². The summed E-state index contributed by atoms with van der Waals surface area (Å²) in [6.07, 6.45) is 3.86. The molecule has 3 aromatic rings. The highest BCUT2D eigenvalue weighted by Crippen LogP contribution is 2.39. The van der Waals surface area contributed by atoms with Gasteiger partial charge in [0, 0.05) is 28.7 Å². The normalized spacial score (nSPS) is 19.9. The van der Waals surface area contributed by atoms with Crippen molar-refractivity contribution in [3.8, 4) is 5.75 Å². The van der Waals surface area contributed by atoms with E-state index >= 15 is 0 Å². The smallest absolute Gasteiger partial charge is 0.280 e. The standard InChI is InChI=1S/C27H32N4O4S2/c1-31(2)13-14-34-19-7-12-23-24(16-19)37-27(28-23)29-26(33)25(30-35-20-6-5-18(32)15-20)17-3-8-21(9-4-17)36-22-10-11-22/h3-4,7-9,12,16,18,20,22,32H,5-6,10-11,13-15H2,1-2H3,(H,28,29,33)/b30-25+/t18-,20-/m1/s1. The van der Waals surface area contributed by atoms with Gasteiger partial charge in [0.05, 0.1) is 16.3 Å². The number of thiazole rings is 1. The number of amides is 1. The molecule has 2 atom stereocenters. The molecule has 2 aromatic carbocycles. The number of benzene rings is 2. The minimum absolute atomic E-state index is 0.191. The van der Waals surface area contributed by atoms with Crippen molar-refractivity contribution in [2.45, 2.75) is 54.5 Å². The van der Waals surface area contributed by atoms with Gasteiger partial charge < -0.3 is 19.6 Å². The Morgan fingerprint density at radius 3 is 2.70 bits per heavy atom. The van der Waals surface area contributed by atoms with Gasteiger partial charge >= 0.3 is 0 Å². The van der Waals surface area contributed by atoms with Crippen LogP contribution in [0.25, 0.3) is 10.2 Å². The Hall–Kier alpha value is -2.66. The van der Waals surface area contributed by atoms with Crippen LogP contribution in [0.5, 0.6) is 5.75 Å². The average molecular weight is 541 g/mol. The zero-order valence-corrected chi connectivity index (χ0v) is 22.7. The topological polar surface area (TPSA) is 96.3 Å². The summed E-state index contributed by atoms with van der Waals surface area (Å²) in [4.78, 5) is 26.9. The van der Waals surface area contributed by atoms with Gasteiger partial charge in [0.1, 0.15) is 18.5 Å². The number of aromatic nitrogens is 1. The summed E-state index contributed by atoms with van der Waals surface area (Å²) in [7, 11) is 4.01. The maximum absolute atomic E-state index is 13.4. The molecule has 5 rings (SSSR count). The Morgan fingerprint density at radius 1 is 1.19 bits per heavy atom. The van der Waals surface area contributed by atoms with Crippen LogP contribution >= 0.6 is 23.1 Å². The molecule has 196 valence electrons. The zero-order chi connectivity index (χ0) is 25.8. The lowest BCUT2D eigenvalue weighted by molar-refractivity contribution is -0.110. The molecule has 8 nitrogen and oxygen atoms in total. The molecule has 0 spiro atoms. The fraction of sp³-hybridized carbons (Fsp3) is 0.444. The molecular weight excluding hydrogens is 508 g/mol. The Labute approximate surface area is 225 Å². The van der Waals surface area contributed by atoms with Crippen molar-refractivity contribution in [2.75, 3.05) is 32.6 Å². The Kier molecular flexibility index (Phi) is 8.29. The average Bonchev–Trinajstić information content (AvgIpc) is 3.44. The van der Waals surface area contributed by atoms with E-state index < -0.39 is 0 Å². The first-order chi connectivity index (χ1) is 17.9. The quantitative estimate of drug-likeness (QED) is 0.267. The number of aliphatic hydroxyl groups is 1. The van der Waals surface area contributed by atoms with Crippen LogP contribution in [0.4, 0.5) is 5.13 Å². The zero-order valence-electron chi connectivity index (χ0n) is 21.1. The van der Waals surface area contributed by atoms with Gasteiger partial charge in [-0.25, -0.2) is 4.98 Å². The van der Waals surface area contributed by atoms with E-state index in [1.54, 1.807) is 0 Å². The first kappa shape index (κ1) is 26.0. The lowest BCUT2D eigenvalue weighted by Crippen LogP contribution is -2.25. The predicted molar refractivity (Wildman–Crippen MR) is 149 cm³/mol. The number of aliphatic hydroxyl groups excluding tert-OH is 1. The summed E-state index contributed by atoms with van der Waals surface area (Å²) < 4.78 is 6.76. The van der Waals surface area contributed by atoms with Crippen molar-refractivity contribution in [3.63, 3.8) is 0 Å². The van der Waals surface area contributed by atoms with E-state index in [1.807, 2.05) is 68.3 Å². The molecule has 0 bridgehead atoms. The van der Waals surface area contributed by atoms with Crippen LogP contribution in [-0.2, 0) is 9.63 Å². The second kappa shape index (κ2) is 11.8. The van der Waals surface area contributed by atoms with Crippen molar-refractivity contribution < 1.29 is 19.5 Å². The molecule has 2 aliphatic rings. The van der Waals surface area contributed by atoms with Gasteiger partial charge in [-0.1, -0.05) is 28.6 Å². The molecular formula is C27H32N4O4S2. The molecule has 0 unspecified atom stereocenters. The van der Waals surface area contributed by atoms with E-state index in [4.69, 9.17) is 9.57 Å². The lowest BCUT2D eigenvalue weighted by Gasteiger charge is -2.11. The van der Waals surface area contributed by atoms with E-state index in [-0.39, 0.29) is 23.8 Å². The van der Waals surface area contributed by atoms with E-state index in [1.165, 1.54) is 29.1 Å². The van der Waals surface area contributed by atoms with Gasteiger partial charge in [0.25, 0.3) is 5.91 Å². The van der Waals surface area contributed by atoms with Crippen molar-refractivity contribution >= 4 is 50.1 Å². The summed E-state index contributed by atoms with van der Waals surface area (Å²) in [6.45, 7) is 1.42. The number of likely N-dealkylation sites (N-methyl/N-ethyl adjacent to an activating group) is 1.